The lowest BCUT2D eigenvalue weighted by molar-refractivity contribution is 0.340. The number of hydrogen-bond donors (Lipinski definition) is 0. The zero-order valence-electron chi connectivity index (χ0n) is 20.6. The molecular weight excluding hydrogens is 494 g/mol. The molecule has 0 saturated carbocycles. The number of nitrogens with zero attached hydrogens (tertiary/aromatic N) is 5. The van der Waals surface area contributed by atoms with E-state index >= 15 is 0 Å². The number of benzene rings is 3. The summed E-state index contributed by atoms with van der Waals surface area (Å²) in [5.41, 5.74) is 4.28. The molecule has 0 aliphatic heterocycles. The fraction of sp³-hybridized carbons (Fsp3) is 0.0667. The van der Waals surface area contributed by atoms with E-state index in [1.165, 1.54) is 15.9 Å². The smallest absolute Gasteiger partial charge is 0.291 e. The summed E-state index contributed by atoms with van der Waals surface area (Å²) < 4.78 is 9.32. The van der Waals surface area contributed by atoms with Gasteiger partial charge in [-0.15, -0.1) is 5.10 Å². The lowest BCUT2D eigenvalue weighted by Crippen LogP contribution is -2.23. The van der Waals surface area contributed by atoms with Gasteiger partial charge in [0.15, 0.2) is 5.82 Å². The largest absolute Gasteiger partial charge is 0.494 e. The van der Waals surface area contributed by atoms with Crippen LogP contribution in [0.1, 0.15) is 23.9 Å². The first-order valence-corrected chi connectivity index (χ1v) is 13.0. The Balaban J connectivity index is 1.40. The highest BCUT2D eigenvalue weighted by molar-refractivity contribution is 7.15. The highest BCUT2D eigenvalue weighted by Gasteiger charge is 2.14. The second kappa shape index (κ2) is 10.3. The molecule has 3 aromatic heterocycles. The Hall–Kier alpha value is -4.82. The summed E-state index contributed by atoms with van der Waals surface area (Å²) in [6.45, 7) is 2.56. The first-order chi connectivity index (χ1) is 18.7. The van der Waals surface area contributed by atoms with Gasteiger partial charge in [-0.05, 0) is 61.0 Å². The van der Waals surface area contributed by atoms with Crippen LogP contribution in [-0.4, -0.2) is 31.0 Å². The summed E-state index contributed by atoms with van der Waals surface area (Å²) in [6, 6.07) is 27.6. The van der Waals surface area contributed by atoms with Gasteiger partial charge in [-0.25, -0.2) is 4.68 Å². The fourth-order valence-corrected chi connectivity index (χ4v) is 5.01. The Bertz CT molecular complexity index is 1840. The van der Waals surface area contributed by atoms with Gasteiger partial charge in [0.25, 0.3) is 5.56 Å². The molecule has 7 nitrogen and oxygen atoms in total. The van der Waals surface area contributed by atoms with E-state index in [4.69, 9.17) is 9.84 Å². The van der Waals surface area contributed by atoms with Crippen molar-refractivity contribution in [3.8, 4) is 22.7 Å². The van der Waals surface area contributed by atoms with Crippen molar-refractivity contribution in [2.24, 2.45) is 0 Å². The van der Waals surface area contributed by atoms with Crippen molar-refractivity contribution in [2.75, 3.05) is 6.61 Å². The summed E-state index contributed by atoms with van der Waals surface area (Å²) in [7, 11) is 0. The van der Waals surface area contributed by atoms with Crippen LogP contribution in [0.25, 0.3) is 40.1 Å². The predicted octanol–water partition coefficient (Wildman–Crippen LogP) is 5.12. The Morgan fingerprint density at radius 1 is 0.895 bits per heavy atom. The van der Waals surface area contributed by atoms with Gasteiger partial charge >= 0.3 is 0 Å². The van der Waals surface area contributed by atoms with Gasteiger partial charge in [-0.2, -0.15) is 14.6 Å². The topological polar surface area (TPSA) is 74.3 Å². The maximum absolute atomic E-state index is 13.2. The lowest BCUT2D eigenvalue weighted by atomic mass is 10.1. The molecule has 6 rings (SSSR count). The Morgan fingerprint density at radius 2 is 1.63 bits per heavy atom. The number of fused-ring (bicyclic) bond motifs is 1. The van der Waals surface area contributed by atoms with E-state index in [1.54, 1.807) is 0 Å². The number of aromatic nitrogens is 5. The number of rotatable bonds is 7. The molecule has 0 fully saturated rings. The molecule has 0 bridgehead atoms. The number of ether oxygens (including phenoxy) is 1. The van der Waals surface area contributed by atoms with Crippen LogP contribution in [0.15, 0.2) is 95.9 Å². The van der Waals surface area contributed by atoms with Crippen LogP contribution < -0.4 is 14.8 Å². The van der Waals surface area contributed by atoms with Crippen molar-refractivity contribution in [1.82, 2.24) is 24.4 Å². The molecule has 0 atom stereocenters. The molecule has 0 unspecified atom stereocenters. The van der Waals surface area contributed by atoms with E-state index in [2.05, 4.69) is 10.1 Å². The number of para-hydroxylation sites is 1. The molecule has 0 amide bonds. The molecule has 3 aromatic carbocycles. The molecule has 3 heterocycles. The molecule has 0 radical (unpaired) electrons. The molecule has 38 heavy (non-hydrogen) atoms. The van der Waals surface area contributed by atoms with Crippen LogP contribution in [0, 0.1) is 0 Å². The first-order valence-electron chi connectivity index (χ1n) is 12.2. The van der Waals surface area contributed by atoms with E-state index < -0.39 is 0 Å². The maximum Gasteiger partial charge on any atom is 0.291 e. The van der Waals surface area contributed by atoms with E-state index in [0.717, 1.165) is 33.8 Å². The average Bonchev–Trinajstić information content (AvgIpc) is 3.64. The lowest BCUT2D eigenvalue weighted by Gasteiger charge is -2.04. The Morgan fingerprint density at radius 3 is 2.34 bits per heavy atom. The molecule has 6 aromatic rings. The normalized spacial score (nSPS) is 12.1. The zero-order valence-corrected chi connectivity index (χ0v) is 21.4. The van der Waals surface area contributed by atoms with Crippen molar-refractivity contribution in [1.29, 1.82) is 0 Å². The third kappa shape index (κ3) is 4.77. The third-order valence-electron chi connectivity index (χ3n) is 5.91. The first kappa shape index (κ1) is 23.6. The number of hydrogen-bond acceptors (Lipinski definition) is 6. The van der Waals surface area contributed by atoms with E-state index in [0.29, 0.717) is 21.9 Å². The van der Waals surface area contributed by atoms with Gasteiger partial charge in [-0.3, -0.25) is 4.79 Å². The second-order valence-corrected chi connectivity index (χ2v) is 9.50. The molecule has 0 aliphatic rings. The zero-order chi connectivity index (χ0) is 25.9. The predicted molar refractivity (Wildman–Crippen MR) is 151 cm³/mol. The Kier molecular flexibility index (Phi) is 6.37. The Labute approximate surface area is 222 Å². The minimum atomic E-state index is -0.207. The van der Waals surface area contributed by atoms with Crippen molar-refractivity contribution in [3.05, 3.63) is 123 Å². The van der Waals surface area contributed by atoms with E-state index in [-0.39, 0.29) is 5.56 Å². The van der Waals surface area contributed by atoms with E-state index in [1.807, 2.05) is 121 Å². The van der Waals surface area contributed by atoms with Gasteiger partial charge < -0.3 is 4.74 Å². The van der Waals surface area contributed by atoms with Crippen LogP contribution in [0.3, 0.4) is 0 Å². The fourth-order valence-electron chi connectivity index (χ4n) is 4.10. The van der Waals surface area contributed by atoms with Crippen LogP contribution in [0.5, 0.6) is 5.75 Å². The SMILES string of the molecule is CCOc1ccc(-c2nn(-c3ccccc3)cc2C=c2sc3nc(C=Cc4ccccc4)nn3c2=O)cc1. The highest BCUT2D eigenvalue weighted by Crippen LogP contribution is 2.26. The number of thiazole rings is 1. The van der Waals surface area contributed by atoms with Gasteiger partial charge in [-0.1, -0.05) is 65.9 Å². The maximum atomic E-state index is 13.2. The summed E-state index contributed by atoms with van der Waals surface area (Å²) in [5.74, 6) is 1.30. The van der Waals surface area contributed by atoms with Crippen LogP contribution in [0.4, 0.5) is 0 Å². The minimum absolute atomic E-state index is 0.207. The summed E-state index contributed by atoms with van der Waals surface area (Å²) in [5, 5.41) is 9.27. The summed E-state index contributed by atoms with van der Waals surface area (Å²) in [6.07, 6.45) is 7.54. The second-order valence-electron chi connectivity index (χ2n) is 8.49. The summed E-state index contributed by atoms with van der Waals surface area (Å²) >= 11 is 1.31. The molecule has 0 aliphatic carbocycles. The van der Waals surface area contributed by atoms with Crippen molar-refractivity contribution in [2.45, 2.75) is 6.92 Å². The highest BCUT2D eigenvalue weighted by atomic mass is 32.1. The molecule has 0 saturated heterocycles. The van der Waals surface area contributed by atoms with Gasteiger partial charge in [0, 0.05) is 17.3 Å². The molecule has 8 heteroatoms. The summed E-state index contributed by atoms with van der Waals surface area (Å²) in [4.78, 5) is 18.3. The van der Waals surface area contributed by atoms with Gasteiger partial charge in [0.05, 0.1) is 16.8 Å². The van der Waals surface area contributed by atoms with Gasteiger partial charge in [0.2, 0.25) is 4.96 Å². The molecular formula is C30H23N5O2S. The minimum Gasteiger partial charge on any atom is -0.494 e. The van der Waals surface area contributed by atoms with Crippen LogP contribution in [-0.2, 0) is 0 Å². The molecule has 0 N–H and O–H groups in total. The van der Waals surface area contributed by atoms with Crippen molar-refractivity contribution < 1.29 is 4.74 Å². The third-order valence-corrected chi connectivity index (χ3v) is 6.87. The van der Waals surface area contributed by atoms with Gasteiger partial charge in [0.1, 0.15) is 11.4 Å². The monoisotopic (exact) mass is 517 g/mol. The molecule has 0 spiro atoms. The van der Waals surface area contributed by atoms with Crippen LogP contribution >= 0.6 is 11.3 Å². The quantitative estimate of drug-likeness (QED) is 0.294. The van der Waals surface area contributed by atoms with Crippen molar-refractivity contribution >= 4 is 34.5 Å². The van der Waals surface area contributed by atoms with E-state index in [9.17, 15) is 4.79 Å². The van der Waals surface area contributed by atoms with Crippen LogP contribution in [0.2, 0.25) is 0 Å². The standard InChI is InChI=1S/C30H23N5O2S/c1-2-37-25-16-14-22(15-17-25)28-23(20-34(33-28)24-11-7-4-8-12-24)19-26-29(36)35-30(38-26)31-27(32-35)18-13-21-9-5-3-6-10-21/h3-20H,2H2,1H3. The van der Waals surface area contributed by atoms with Crippen molar-refractivity contribution in [3.63, 3.8) is 0 Å². The average molecular weight is 518 g/mol. The molecule has 186 valence electrons.